The fourth-order valence-electron chi connectivity index (χ4n) is 2.98. The summed E-state index contributed by atoms with van der Waals surface area (Å²) in [4.78, 5) is 16.2. The van der Waals surface area contributed by atoms with E-state index in [1.807, 2.05) is 6.92 Å². The van der Waals surface area contributed by atoms with Crippen LogP contribution in [0.3, 0.4) is 0 Å². The summed E-state index contributed by atoms with van der Waals surface area (Å²) in [6.07, 6.45) is 6.46. The lowest BCUT2D eigenvalue weighted by atomic mass is 9.81. The van der Waals surface area contributed by atoms with Crippen molar-refractivity contribution in [2.45, 2.75) is 45.4 Å². The van der Waals surface area contributed by atoms with Crippen LogP contribution in [0, 0.1) is 5.92 Å². The van der Waals surface area contributed by atoms with Gasteiger partial charge in [0.1, 0.15) is 5.76 Å². The van der Waals surface area contributed by atoms with E-state index in [0.717, 1.165) is 29.9 Å². The van der Waals surface area contributed by atoms with Crippen LogP contribution in [0.4, 0.5) is 0 Å². The minimum Gasteiger partial charge on any atom is -0.477 e. The third-order valence-corrected chi connectivity index (χ3v) is 4.28. The zero-order chi connectivity index (χ0) is 14.8. The molecule has 0 aromatic carbocycles. The van der Waals surface area contributed by atoms with Crippen molar-refractivity contribution >= 4 is 5.90 Å². The van der Waals surface area contributed by atoms with E-state index >= 15 is 0 Å². The zero-order valence-corrected chi connectivity index (χ0v) is 12.5. The third-order valence-electron chi connectivity index (χ3n) is 4.28. The van der Waals surface area contributed by atoms with E-state index in [1.54, 1.807) is 6.07 Å². The molecule has 0 bridgehead atoms. The smallest absolute Gasteiger partial charge is 0.336 e. The molecule has 1 aromatic rings. The molecule has 1 saturated carbocycles. The van der Waals surface area contributed by atoms with Crippen molar-refractivity contribution in [3.63, 3.8) is 0 Å². The minimum atomic E-state index is -0.289. The molecule has 0 radical (unpaired) electrons. The molecule has 1 aliphatic heterocycles. The van der Waals surface area contributed by atoms with Crippen LogP contribution in [0.5, 0.6) is 0 Å². The van der Waals surface area contributed by atoms with Crippen LogP contribution in [-0.4, -0.2) is 12.5 Å². The lowest BCUT2D eigenvalue weighted by molar-refractivity contribution is 0.295. The Kier molecular flexibility index (Phi) is 3.95. The summed E-state index contributed by atoms with van der Waals surface area (Å²) < 4.78 is 11.0. The number of aliphatic imine (C=N–C) groups is 1. The van der Waals surface area contributed by atoms with Gasteiger partial charge in [0, 0.05) is 18.2 Å². The van der Waals surface area contributed by atoms with Crippen molar-refractivity contribution in [3.8, 4) is 0 Å². The summed E-state index contributed by atoms with van der Waals surface area (Å²) in [5.74, 6) is 2.00. The van der Waals surface area contributed by atoms with Crippen LogP contribution >= 0.6 is 0 Å². The lowest BCUT2D eigenvalue weighted by Crippen LogP contribution is -2.21. The fraction of sp³-hybridized carbons (Fsp3) is 0.529. The zero-order valence-electron chi connectivity index (χ0n) is 12.5. The Morgan fingerprint density at radius 1 is 1.48 bits per heavy atom. The SMILES string of the molecule is C=C1Cc2oc(=O)cc(CCC3CCC3)c2C(OCC)=N1. The molecule has 0 unspecified atom stereocenters. The van der Waals surface area contributed by atoms with Crippen molar-refractivity contribution in [1.82, 2.24) is 0 Å². The minimum absolute atomic E-state index is 0.289. The molecule has 4 heteroatoms. The largest absolute Gasteiger partial charge is 0.477 e. The third kappa shape index (κ3) is 2.94. The average molecular weight is 287 g/mol. The molecular weight excluding hydrogens is 266 g/mol. The van der Waals surface area contributed by atoms with Gasteiger partial charge in [-0.05, 0) is 31.2 Å². The number of rotatable bonds is 4. The molecule has 0 atom stereocenters. The van der Waals surface area contributed by atoms with Gasteiger partial charge in [0.2, 0.25) is 5.90 Å². The number of hydrogen-bond acceptors (Lipinski definition) is 4. The average Bonchev–Trinajstić information content (AvgIpc) is 2.35. The molecule has 4 nitrogen and oxygen atoms in total. The number of allylic oxidation sites excluding steroid dienone is 1. The monoisotopic (exact) mass is 287 g/mol. The highest BCUT2D eigenvalue weighted by molar-refractivity contribution is 5.98. The first-order valence-corrected chi connectivity index (χ1v) is 7.73. The molecule has 1 fully saturated rings. The number of aryl methyl sites for hydroxylation is 1. The second kappa shape index (κ2) is 5.88. The van der Waals surface area contributed by atoms with Crippen molar-refractivity contribution in [1.29, 1.82) is 0 Å². The summed E-state index contributed by atoms with van der Waals surface area (Å²) in [7, 11) is 0. The molecule has 21 heavy (non-hydrogen) atoms. The van der Waals surface area contributed by atoms with Crippen LogP contribution in [0.1, 0.15) is 49.5 Å². The summed E-state index contributed by atoms with van der Waals surface area (Å²) in [6.45, 7) is 6.33. The van der Waals surface area contributed by atoms with Crippen molar-refractivity contribution in [2.75, 3.05) is 6.61 Å². The van der Waals surface area contributed by atoms with Gasteiger partial charge in [0.05, 0.1) is 12.2 Å². The Hall–Kier alpha value is -1.84. The van der Waals surface area contributed by atoms with E-state index in [-0.39, 0.29) is 5.63 Å². The van der Waals surface area contributed by atoms with E-state index in [4.69, 9.17) is 9.15 Å². The van der Waals surface area contributed by atoms with Gasteiger partial charge in [-0.1, -0.05) is 25.8 Å². The molecule has 1 aliphatic carbocycles. The Balaban J connectivity index is 1.94. The molecule has 2 aliphatic rings. The predicted molar refractivity (Wildman–Crippen MR) is 81.6 cm³/mol. The maximum absolute atomic E-state index is 11.8. The maximum Gasteiger partial charge on any atom is 0.336 e. The fourth-order valence-corrected chi connectivity index (χ4v) is 2.98. The van der Waals surface area contributed by atoms with E-state index < -0.39 is 0 Å². The summed E-state index contributed by atoms with van der Waals surface area (Å²) >= 11 is 0. The van der Waals surface area contributed by atoms with Gasteiger partial charge in [-0.2, -0.15) is 0 Å². The molecule has 112 valence electrons. The second-order valence-electron chi connectivity index (χ2n) is 5.82. The van der Waals surface area contributed by atoms with Crippen molar-refractivity contribution in [3.05, 3.63) is 45.6 Å². The molecule has 0 N–H and O–H groups in total. The molecule has 2 heterocycles. The first-order chi connectivity index (χ1) is 10.2. The Labute approximate surface area is 124 Å². The van der Waals surface area contributed by atoms with E-state index in [9.17, 15) is 4.79 Å². The van der Waals surface area contributed by atoms with Crippen molar-refractivity contribution in [2.24, 2.45) is 10.9 Å². The Bertz CT molecular complexity index is 638. The van der Waals surface area contributed by atoms with Crippen LogP contribution in [-0.2, 0) is 17.6 Å². The quantitative estimate of drug-likeness (QED) is 0.854. The lowest BCUT2D eigenvalue weighted by Gasteiger charge is -2.26. The topological polar surface area (TPSA) is 51.8 Å². The van der Waals surface area contributed by atoms with Gasteiger partial charge in [-0.25, -0.2) is 9.79 Å². The number of nitrogens with zero attached hydrogens (tertiary/aromatic N) is 1. The predicted octanol–water partition coefficient (Wildman–Crippen LogP) is 3.23. The van der Waals surface area contributed by atoms with Gasteiger partial charge in [0.15, 0.2) is 0 Å². The summed E-state index contributed by atoms with van der Waals surface area (Å²) in [5, 5.41) is 0. The molecule has 0 spiro atoms. The van der Waals surface area contributed by atoms with Gasteiger partial charge >= 0.3 is 5.63 Å². The molecule has 3 rings (SSSR count). The van der Waals surface area contributed by atoms with Crippen LogP contribution in [0.25, 0.3) is 0 Å². The number of fused-ring (bicyclic) bond motifs is 1. The van der Waals surface area contributed by atoms with Gasteiger partial charge in [-0.3, -0.25) is 0 Å². The van der Waals surface area contributed by atoms with Gasteiger partial charge < -0.3 is 9.15 Å². The maximum atomic E-state index is 11.8. The van der Waals surface area contributed by atoms with E-state index in [2.05, 4.69) is 11.6 Å². The standard InChI is InChI=1S/C17H21NO3/c1-3-20-17-16-13(8-7-12-5-4-6-12)10-15(19)21-14(16)9-11(2)18-17/h10,12H,2-9H2,1H3. The molecule has 0 amide bonds. The van der Waals surface area contributed by atoms with Gasteiger partial charge in [-0.15, -0.1) is 0 Å². The van der Waals surface area contributed by atoms with Crippen LogP contribution in [0.2, 0.25) is 0 Å². The Morgan fingerprint density at radius 3 is 2.95 bits per heavy atom. The number of ether oxygens (including phenoxy) is 1. The first kappa shape index (κ1) is 14.1. The van der Waals surface area contributed by atoms with Crippen LogP contribution < -0.4 is 5.63 Å². The molecular formula is C17H21NO3. The highest BCUT2D eigenvalue weighted by atomic mass is 16.5. The highest BCUT2D eigenvalue weighted by Crippen LogP contribution is 2.32. The van der Waals surface area contributed by atoms with Gasteiger partial charge in [0.25, 0.3) is 0 Å². The Morgan fingerprint density at radius 2 is 2.29 bits per heavy atom. The summed E-state index contributed by atoms with van der Waals surface area (Å²) in [6, 6.07) is 1.60. The first-order valence-electron chi connectivity index (χ1n) is 7.73. The summed E-state index contributed by atoms with van der Waals surface area (Å²) in [5.41, 5.74) is 2.27. The number of hydrogen-bond donors (Lipinski definition) is 0. The normalized spacial score (nSPS) is 18.0. The second-order valence-corrected chi connectivity index (χ2v) is 5.82. The van der Waals surface area contributed by atoms with E-state index in [0.29, 0.717) is 30.4 Å². The molecule has 0 saturated heterocycles. The van der Waals surface area contributed by atoms with Crippen molar-refractivity contribution < 1.29 is 9.15 Å². The van der Waals surface area contributed by atoms with Crippen LogP contribution in [0.15, 0.2) is 32.5 Å². The van der Waals surface area contributed by atoms with E-state index in [1.165, 1.54) is 19.3 Å². The highest BCUT2D eigenvalue weighted by Gasteiger charge is 2.25. The molecule has 1 aromatic heterocycles.